The van der Waals surface area contributed by atoms with E-state index in [1.165, 1.54) is 12.8 Å². The molecule has 5 heteroatoms. The van der Waals surface area contributed by atoms with Gasteiger partial charge in [0.15, 0.2) is 5.17 Å². The lowest BCUT2D eigenvalue weighted by Crippen LogP contribution is -2.39. The summed E-state index contributed by atoms with van der Waals surface area (Å²) in [5.41, 5.74) is 0. The molecule has 1 heterocycles. The first-order valence-corrected chi connectivity index (χ1v) is 7.35. The summed E-state index contributed by atoms with van der Waals surface area (Å²) in [6.45, 7) is 6.88. The predicted octanol–water partition coefficient (Wildman–Crippen LogP) is 1.33. The lowest BCUT2D eigenvalue weighted by molar-refractivity contribution is -0.129. The van der Waals surface area contributed by atoms with E-state index in [0.29, 0.717) is 11.8 Å². The van der Waals surface area contributed by atoms with Crippen molar-refractivity contribution in [2.24, 2.45) is 10.9 Å². The Labute approximate surface area is 107 Å². The maximum atomic E-state index is 11.8. The molecular weight excluding hydrogens is 234 g/mol. The van der Waals surface area contributed by atoms with E-state index in [1.54, 1.807) is 0 Å². The van der Waals surface area contributed by atoms with Crippen LogP contribution in [0.4, 0.5) is 0 Å². The lowest BCUT2D eigenvalue weighted by Gasteiger charge is -2.19. The number of amides is 1. The highest BCUT2D eigenvalue weighted by Gasteiger charge is 2.35. The number of carbonyl (C=O) groups excluding carboxylic acids is 1. The van der Waals surface area contributed by atoms with Crippen molar-refractivity contribution in [1.29, 1.82) is 0 Å². The minimum Gasteiger partial charge on any atom is -0.356 e. The lowest BCUT2D eigenvalue weighted by atomic mass is 10.3. The molecule has 0 saturated heterocycles. The molecule has 0 aromatic carbocycles. The first kappa shape index (κ1) is 12.7. The summed E-state index contributed by atoms with van der Waals surface area (Å²) in [7, 11) is 0. The molecule has 0 radical (unpaired) electrons. The molecule has 2 aliphatic rings. The summed E-state index contributed by atoms with van der Waals surface area (Å²) < 4.78 is 0. The average Bonchev–Trinajstić information content (AvgIpc) is 3.08. The number of hydrogen-bond acceptors (Lipinski definition) is 4. The summed E-state index contributed by atoms with van der Waals surface area (Å²) in [6.07, 6.45) is 2.72. The van der Waals surface area contributed by atoms with E-state index in [1.807, 2.05) is 30.5 Å². The molecule has 17 heavy (non-hydrogen) atoms. The molecule has 96 valence electrons. The van der Waals surface area contributed by atoms with E-state index >= 15 is 0 Å². The summed E-state index contributed by atoms with van der Waals surface area (Å²) >= 11 is 1.82. The zero-order valence-corrected chi connectivity index (χ0v) is 11.4. The molecule has 0 spiro atoms. The molecule has 4 nitrogen and oxygen atoms in total. The monoisotopic (exact) mass is 255 g/mol. The Kier molecular flexibility index (Phi) is 4.31. The van der Waals surface area contributed by atoms with Crippen molar-refractivity contribution < 1.29 is 4.79 Å². The van der Waals surface area contributed by atoms with Crippen LogP contribution in [0.1, 0.15) is 26.7 Å². The number of likely N-dealkylation sites (N-methyl/N-ethyl adjacent to an activating group) is 1. The van der Waals surface area contributed by atoms with E-state index in [2.05, 4.69) is 10.3 Å². The SMILES string of the molecule is CCN(CC)C(=O)CNC1=NCC(C2CC2)S1. The fourth-order valence-corrected chi connectivity index (χ4v) is 3.25. The Hall–Kier alpha value is -0.710. The largest absolute Gasteiger partial charge is 0.356 e. The molecule has 1 amide bonds. The van der Waals surface area contributed by atoms with Gasteiger partial charge in [-0.15, -0.1) is 0 Å². The summed E-state index contributed by atoms with van der Waals surface area (Å²) in [4.78, 5) is 18.1. The van der Waals surface area contributed by atoms with Gasteiger partial charge in [-0.05, 0) is 32.6 Å². The second-order valence-electron chi connectivity index (χ2n) is 4.56. The highest BCUT2D eigenvalue weighted by atomic mass is 32.2. The van der Waals surface area contributed by atoms with Crippen LogP contribution >= 0.6 is 11.8 Å². The van der Waals surface area contributed by atoms with Gasteiger partial charge in [-0.2, -0.15) is 0 Å². The first-order chi connectivity index (χ1) is 8.24. The Morgan fingerprint density at radius 1 is 1.47 bits per heavy atom. The Morgan fingerprint density at radius 2 is 2.18 bits per heavy atom. The second kappa shape index (κ2) is 5.76. The number of carbonyl (C=O) groups is 1. The van der Waals surface area contributed by atoms with E-state index < -0.39 is 0 Å². The van der Waals surface area contributed by atoms with Gasteiger partial charge in [0.05, 0.1) is 13.1 Å². The maximum absolute atomic E-state index is 11.8. The Balaban J connectivity index is 1.69. The van der Waals surface area contributed by atoms with Gasteiger partial charge in [0.2, 0.25) is 5.91 Å². The average molecular weight is 255 g/mol. The van der Waals surface area contributed by atoms with E-state index in [0.717, 1.165) is 30.7 Å². The number of aliphatic imine (C=N–C) groups is 1. The van der Waals surface area contributed by atoms with Crippen molar-refractivity contribution >= 4 is 22.8 Å². The molecule has 1 N–H and O–H groups in total. The molecule has 1 saturated carbocycles. The van der Waals surface area contributed by atoms with Gasteiger partial charge in [0.25, 0.3) is 0 Å². The maximum Gasteiger partial charge on any atom is 0.241 e. The van der Waals surface area contributed by atoms with Crippen molar-refractivity contribution in [3.63, 3.8) is 0 Å². The number of amidine groups is 1. The van der Waals surface area contributed by atoms with Gasteiger partial charge >= 0.3 is 0 Å². The van der Waals surface area contributed by atoms with Crippen LogP contribution in [-0.2, 0) is 4.79 Å². The fourth-order valence-electron chi connectivity index (χ4n) is 2.04. The van der Waals surface area contributed by atoms with Gasteiger partial charge in [-0.1, -0.05) is 11.8 Å². The molecule has 1 aliphatic carbocycles. The van der Waals surface area contributed by atoms with E-state index in [9.17, 15) is 4.79 Å². The molecule has 1 atom stereocenters. The third kappa shape index (κ3) is 3.37. The van der Waals surface area contributed by atoms with Crippen molar-refractivity contribution in [1.82, 2.24) is 10.2 Å². The molecular formula is C12H21N3OS. The summed E-state index contributed by atoms with van der Waals surface area (Å²) in [5.74, 6) is 1.04. The van der Waals surface area contributed by atoms with Crippen LogP contribution in [-0.4, -0.2) is 47.4 Å². The predicted molar refractivity (Wildman–Crippen MR) is 72.3 cm³/mol. The number of rotatable bonds is 5. The van der Waals surface area contributed by atoms with E-state index in [-0.39, 0.29) is 5.91 Å². The number of hydrogen-bond donors (Lipinski definition) is 1. The first-order valence-electron chi connectivity index (χ1n) is 6.47. The topological polar surface area (TPSA) is 44.7 Å². The number of nitrogens with zero attached hydrogens (tertiary/aromatic N) is 2. The van der Waals surface area contributed by atoms with Crippen LogP contribution in [0.25, 0.3) is 0 Å². The van der Waals surface area contributed by atoms with Gasteiger partial charge in [-0.3, -0.25) is 9.79 Å². The highest BCUT2D eigenvalue weighted by Crippen LogP contribution is 2.41. The van der Waals surface area contributed by atoms with Crippen molar-refractivity contribution in [3.8, 4) is 0 Å². The van der Waals surface area contributed by atoms with Crippen LogP contribution in [0.3, 0.4) is 0 Å². The van der Waals surface area contributed by atoms with E-state index in [4.69, 9.17) is 0 Å². The normalized spacial score (nSPS) is 23.4. The van der Waals surface area contributed by atoms with Crippen LogP contribution < -0.4 is 5.32 Å². The molecule has 2 rings (SSSR count). The molecule has 0 bridgehead atoms. The smallest absolute Gasteiger partial charge is 0.241 e. The third-order valence-electron chi connectivity index (χ3n) is 3.33. The number of nitrogens with one attached hydrogen (secondary N) is 1. The van der Waals surface area contributed by atoms with Crippen LogP contribution in [0.15, 0.2) is 4.99 Å². The quantitative estimate of drug-likeness (QED) is 0.806. The highest BCUT2D eigenvalue weighted by molar-refractivity contribution is 8.14. The standard InChI is InChI=1S/C12H21N3OS/c1-3-15(4-2)11(16)8-14-12-13-7-10(17-12)9-5-6-9/h9-10H,3-8H2,1-2H3,(H,13,14). The van der Waals surface area contributed by atoms with Crippen LogP contribution in [0, 0.1) is 5.92 Å². The molecule has 0 aromatic heterocycles. The zero-order valence-electron chi connectivity index (χ0n) is 10.6. The second-order valence-corrected chi connectivity index (χ2v) is 5.79. The molecule has 1 unspecified atom stereocenters. The van der Waals surface area contributed by atoms with Gasteiger partial charge in [0.1, 0.15) is 0 Å². The third-order valence-corrected chi connectivity index (χ3v) is 4.67. The summed E-state index contributed by atoms with van der Waals surface area (Å²) in [6, 6.07) is 0. The van der Waals surface area contributed by atoms with Crippen molar-refractivity contribution in [3.05, 3.63) is 0 Å². The van der Waals surface area contributed by atoms with Gasteiger partial charge < -0.3 is 10.2 Å². The minimum absolute atomic E-state index is 0.160. The molecule has 0 aromatic rings. The minimum atomic E-state index is 0.160. The van der Waals surface area contributed by atoms with Gasteiger partial charge in [-0.25, -0.2) is 0 Å². The summed E-state index contributed by atoms with van der Waals surface area (Å²) in [5, 5.41) is 4.79. The Bertz CT molecular complexity index is 311. The molecule has 1 aliphatic heterocycles. The van der Waals surface area contributed by atoms with Crippen LogP contribution in [0.2, 0.25) is 0 Å². The fraction of sp³-hybridized carbons (Fsp3) is 0.833. The van der Waals surface area contributed by atoms with Crippen molar-refractivity contribution in [2.75, 3.05) is 26.2 Å². The van der Waals surface area contributed by atoms with Crippen LogP contribution in [0.5, 0.6) is 0 Å². The number of thioether (sulfide) groups is 1. The van der Waals surface area contributed by atoms with Gasteiger partial charge in [0, 0.05) is 18.3 Å². The van der Waals surface area contributed by atoms with Crippen molar-refractivity contribution in [2.45, 2.75) is 31.9 Å². The Morgan fingerprint density at radius 3 is 2.76 bits per heavy atom. The molecule has 1 fully saturated rings. The zero-order chi connectivity index (χ0) is 12.3.